The summed E-state index contributed by atoms with van der Waals surface area (Å²) in [6, 6.07) is 0.542. The van der Waals surface area contributed by atoms with Crippen LogP contribution >= 0.6 is 11.8 Å². The Bertz CT molecular complexity index is 318. The molecule has 2 aliphatic rings. The highest BCUT2D eigenvalue weighted by Gasteiger charge is 2.23. The number of nitrogens with zero attached hydrogens (tertiary/aromatic N) is 3. The van der Waals surface area contributed by atoms with E-state index in [1.165, 1.54) is 50.3 Å². The topological polar surface area (TPSA) is 44.9 Å². The molecule has 0 aliphatic carbocycles. The van der Waals surface area contributed by atoms with Gasteiger partial charge in [-0.05, 0) is 31.8 Å². The maximum Gasteiger partial charge on any atom is 0.191 e. The SMILES string of the molecule is CC(C)C(CN=C(N)N1CCSCC1)N1CCCCCC1. The van der Waals surface area contributed by atoms with Gasteiger partial charge < -0.3 is 10.6 Å². The average Bonchev–Trinajstić information content (AvgIpc) is 2.77. The third-order valence-electron chi connectivity index (χ3n) is 4.65. The van der Waals surface area contributed by atoms with Gasteiger partial charge in [0.05, 0.1) is 6.54 Å². The van der Waals surface area contributed by atoms with Crippen LogP contribution in [0.15, 0.2) is 4.99 Å². The van der Waals surface area contributed by atoms with E-state index < -0.39 is 0 Å². The number of thioether (sulfide) groups is 1. The fraction of sp³-hybridized carbons (Fsp3) is 0.938. The van der Waals surface area contributed by atoms with Gasteiger partial charge in [0.25, 0.3) is 0 Å². The molecule has 0 spiro atoms. The van der Waals surface area contributed by atoms with Crippen LogP contribution < -0.4 is 5.73 Å². The number of nitrogens with two attached hydrogens (primary N) is 1. The van der Waals surface area contributed by atoms with Gasteiger partial charge in [0, 0.05) is 30.6 Å². The number of likely N-dealkylation sites (tertiary alicyclic amines) is 1. The van der Waals surface area contributed by atoms with Gasteiger partial charge in [0.2, 0.25) is 0 Å². The molecule has 5 heteroatoms. The van der Waals surface area contributed by atoms with Crippen molar-refractivity contribution in [3.05, 3.63) is 0 Å². The van der Waals surface area contributed by atoms with Crippen molar-refractivity contribution in [3.8, 4) is 0 Å². The van der Waals surface area contributed by atoms with E-state index in [0.717, 1.165) is 25.6 Å². The molecule has 0 radical (unpaired) electrons. The Morgan fingerprint density at radius 2 is 1.67 bits per heavy atom. The van der Waals surface area contributed by atoms with Gasteiger partial charge in [-0.1, -0.05) is 26.7 Å². The van der Waals surface area contributed by atoms with Crippen molar-refractivity contribution in [1.29, 1.82) is 0 Å². The van der Waals surface area contributed by atoms with Crippen LogP contribution in [0.3, 0.4) is 0 Å². The molecule has 4 nitrogen and oxygen atoms in total. The maximum atomic E-state index is 6.21. The summed E-state index contributed by atoms with van der Waals surface area (Å²) in [6.07, 6.45) is 5.45. The molecule has 2 fully saturated rings. The first-order valence-corrected chi connectivity index (χ1v) is 9.70. The lowest BCUT2D eigenvalue weighted by atomic mass is 10.0. The van der Waals surface area contributed by atoms with E-state index in [9.17, 15) is 0 Å². The fourth-order valence-corrected chi connectivity index (χ4v) is 4.16. The van der Waals surface area contributed by atoms with Crippen molar-refractivity contribution in [2.45, 2.75) is 45.6 Å². The zero-order chi connectivity index (χ0) is 15.1. The van der Waals surface area contributed by atoms with Crippen LogP contribution in [0.5, 0.6) is 0 Å². The Labute approximate surface area is 134 Å². The maximum absolute atomic E-state index is 6.21. The number of aliphatic imine (C=N–C) groups is 1. The summed E-state index contributed by atoms with van der Waals surface area (Å²) in [7, 11) is 0. The van der Waals surface area contributed by atoms with Crippen LogP contribution in [-0.2, 0) is 0 Å². The molecule has 21 heavy (non-hydrogen) atoms. The van der Waals surface area contributed by atoms with Gasteiger partial charge in [-0.25, -0.2) is 0 Å². The second-order valence-electron chi connectivity index (χ2n) is 6.56. The van der Waals surface area contributed by atoms with Crippen molar-refractivity contribution in [2.24, 2.45) is 16.6 Å². The summed E-state index contributed by atoms with van der Waals surface area (Å²) in [5.41, 5.74) is 6.21. The van der Waals surface area contributed by atoms with Gasteiger partial charge in [0.15, 0.2) is 5.96 Å². The van der Waals surface area contributed by atoms with Crippen LogP contribution in [0.4, 0.5) is 0 Å². The number of hydrogen-bond acceptors (Lipinski definition) is 3. The minimum Gasteiger partial charge on any atom is -0.370 e. The van der Waals surface area contributed by atoms with Gasteiger partial charge in [-0.3, -0.25) is 9.89 Å². The molecule has 2 rings (SSSR count). The number of hydrogen-bond donors (Lipinski definition) is 1. The Hall–Kier alpha value is -0.420. The lowest BCUT2D eigenvalue weighted by Crippen LogP contribution is -2.45. The van der Waals surface area contributed by atoms with E-state index in [-0.39, 0.29) is 0 Å². The fourth-order valence-electron chi connectivity index (χ4n) is 3.25. The standard InChI is InChI=1S/C16H32N4S/c1-14(2)15(19-7-5-3-4-6-8-19)13-18-16(17)20-9-11-21-12-10-20/h14-15H,3-13H2,1-2H3,(H2,17,18). The molecule has 0 amide bonds. The van der Waals surface area contributed by atoms with E-state index in [0.29, 0.717) is 12.0 Å². The predicted octanol–water partition coefficient (Wildman–Crippen LogP) is 2.25. The molecule has 0 aromatic carbocycles. The minimum absolute atomic E-state index is 0.542. The quantitative estimate of drug-likeness (QED) is 0.639. The van der Waals surface area contributed by atoms with Crippen LogP contribution in [0, 0.1) is 5.92 Å². The molecule has 0 aromatic heterocycles. The van der Waals surface area contributed by atoms with E-state index in [1.54, 1.807) is 0 Å². The Balaban J connectivity index is 1.91. The van der Waals surface area contributed by atoms with Crippen molar-refractivity contribution in [2.75, 3.05) is 44.2 Å². The molecular formula is C16H32N4S. The second-order valence-corrected chi connectivity index (χ2v) is 7.78. The largest absolute Gasteiger partial charge is 0.370 e. The third kappa shape index (κ3) is 5.37. The van der Waals surface area contributed by atoms with Crippen molar-refractivity contribution < 1.29 is 0 Å². The van der Waals surface area contributed by atoms with Crippen molar-refractivity contribution >= 4 is 17.7 Å². The van der Waals surface area contributed by atoms with Gasteiger partial charge in [0.1, 0.15) is 0 Å². The molecule has 2 N–H and O–H groups in total. The van der Waals surface area contributed by atoms with Crippen molar-refractivity contribution in [1.82, 2.24) is 9.80 Å². The summed E-state index contributed by atoms with van der Waals surface area (Å²) in [5.74, 6) is 3.75. The lowest BCUT2D eigenvalue weighted by Gasteiger charge is -2.33. The highest BCUT2D eigenvalue weighted by atomic mass is 32.2. The Kier molecular flexibility index (Phi) is 7.17. The van der Waals surface area contributed by atoms with E-state index in [1.807, 2.05) is 11.8 Å². The zero-order valence-electron chi connectivity index (χ0n) is 13.8. The molecule has 122 valence electrons. The Morgan fingerprint density at radius 3 is 2.24 bits per heavy atom. The monoisotopic (exact) mass is 312 g/mol. The average molecular weight is 313 g/mol. The molecular weight excluding hydrogens is 280 g/mol. The molecule has 0 bridgehead atoms. The molecule has 2 heterocycles. The molecule has 0 saturated carbocycles. The predicted molar refractivity (Wildman–Crippen MR) is 94.1 cm³/mol. The highest BCUT2D eigenvalue weighted by molar-refractivity contribution is 7.99. The van der Waals surface area contributed by atoms with Crippen LogP contribution in [0.25, 0.3) is 0 Å². The van der Waals surface area contributed by atoms with Gasteiger partial charge in [-0.15, -0.1) is 0 Å². The third-order valence-corrected chi connectivity index (χ3v) is 5.60. The highest BCUT2D eigenvalue weighted by Crippen LogP contribution is 2.18. The first-order valence-electron chi connectivity index (χ1n) is 8.55. The minimum atomic E-state index is 0.542. The molecule has 2 aliphatic heterocycles. The molecule has 1 atom stereocenters. The first kappa shape index (κ1) is 16.9. The summed E-state index contributed by atoms with van der Waals surface area (Å²) >= 11 is 2.01. The number of rotatable bonds is 4. The van der Waals surface area contributed by atoms with Crippen molar-refractivity contribution in [3.63, 3.8) is 0 Å². The van der Waals surface area contributed by atoms with E-state index in [2.05, 4.69) is 23.6 Å². The van der Waals surface area contributed by atoms with Crippen LogP contribution in [-0.4, -0.2) is 66.0 Å². The zero-order valence-corrected chi connectivity index (χ0v) is 14.6. The molecule has 1 unspecified atom stereocenters. The molecule has 2 saturated heterocycles. The molecule has 0 aromatic rings. The van der Waals surface area contributed by atoms with Gasteiger partial charge in [-0.2, -0.15) is 11.8 Å². The summed E-state index contributed by atoms with van der Waals surface area (Å²) in [4.78, 5) is 9.64. The Morgan fingerprint density at radius 1 is 1.05 bits per heavy atom. The smallest absolute Gasteiger partial charge is 0.191 e. The first-order chi connectivity index (χ1) is 10.2. The summed E-state index contributed by atoms with van der Waals surface area (Å²) in [5, 5.41) is 0. The van der Waals surface area contributed by atoms with E-state index >= 15 is 0 Å². The summed E-state index contributed by atoms with van der Waals surface area (Å²) in [6.45, 7) is 10.1. The van der Waals surface area contributed by atoms with Crippen LogP contribution in [0.1, 0.15) is 39.5 Å². The van der Waals surface area contributed by atoms with E-state index in [4.69, 9.17) is 10.7 Å². The van der Waals surface area contributed by atoms with Crippen LogP contribution in [0.2, 0.25) is 0 Å². The lowest BCUT2D eigenvalue weighted by molar-refractivity contribution is 0.165. The summed E-state index contributed by atoms with van der Waals surface area (Å²) < 4.78 is 0. The number of guanidine groups is 1. The second kappa shape index (κ2) is 8.89. The normalized spacial score (nSPS) is 24.1. The van der Waals surface area contributed by atoms with Gasteiger partial charge >= 0.3 is 0 Å².